The molecule has 0 saturated carbocycles. The molecule has 0 aliphatic carbocycles. The number of carbonyl (C=O) groups is 1. The number of methoxy groups -OCH3 is 2. The monoisotopic (exact) mass is 435 g/mol. The van der Waals surface area contributed by atoms with Crippen LogP contribution in [0.15, 0.2) is 71.8 Å². The van der Waals surface area contributed by atoms with Gasteiger partial charge in [0.05, 0.1) is 25.4 Å². The van der Waals surface area contributed by atoms with Crippen molar-refractivity contribution in [2.24, 2.45) is 5.10 Å². The minimum Gasteiger partial charge on any atom is -0.497 e. The Balaban J connectivity index is 1.73. The average molecular weight is 435 g/mol. The Morgan fingerprint density at radius 2 is 1.78 bits per heavy atom. The molecule has 0 aliphatic heterocycles. The van der Waals surface area contributed by atoms with E-state index in [1.807, 2.05) is 24.3 Å². The highest BCUT2D eigenvalue weighted by molar-refractivity contribution is 5.95. The van der Waals surface area contributed by atoms with Crippen LogP contribution in [-0.2, 0) is 6.61 Å². The molecule has 0 fully saturated rings. The minimum absolute atomic E-state index is 0.122. The number of rotatable bonds is 9. The summed E-state index contributed by atoms with van der Waals surface area (Å²) in [5.74, 6) is 1.27. The van der Waals surface area contributed by atoms with Gasteiger partial charge in [-0.15, -0.1) is 0 Å². The number of amides is 1. The highest BCUT2D eigenvalue weighted by atomic mass is 16.6. The first-order valence-electron chi connectivity index (χ1n) is 9.52. The lowest BCUT2D eigenvalue weighted by Gasteiger charge is -2.11. The molecule has 0 spiro atoms. The van der Waals surface area contributed by atoms with E-state index in [2.05, 4.69) is 10.5 Å². The molecule has 32 heavy (non-hydrogen) atoms. The number of non-ortho nitro benzene ring substituents is 1. The van der Waals surface area contributed by atoms with Crippen LogP contribution in [0, 0.1) is 10.1 Å². The van der Waals surface area contributed by atoms with Crippen LogP contribution in [0.3, 0.4) is 0 Å². The van der Waals surface area contributed by atoms with Gasteiger partial charge in [-0.2, -0.15) is 5.10 Å². The van der Waals surface area contributed by atoms with Crippen LogP contribution in [0.25, 0.3) is 0 Å². The Bertz CT molecular complexity index is 1150. The largest absolute Gasteiger partial charge is 0.497 e. The van der Waals surface area contributed by atoms with Crippen molar-refractivity contribution >= 4 is 17.8 Å². The van der Waals surface area contributed by atoms with E-state index in [9.17, 15) is 14.9 Å². The number of nitrogens with one attached hydrogen (secondary N) is 1. The molecule has 0 radical (unpaired) electrons. The van der Waals surface area contributed by atoms with Crippen molar-refractivity contribution in [3.8, 4) is 17.2 Å². The van der Waals surface area contributed by atoms with E-state index in [0.29, 0.717) is 23.7 Å². The molecule has 1 N–H and O–H groups in total. The number of ether oxygens (including phenoxy) is 3. The predicted molar refractivity (Wildman–Crippen MR) is 118 cm³/mol. The van der Waals surface area contributed by atoms with Gasteiger partial charge in [0.15, 0.2) is 0 Å². The fraction of sp³-hybridized carbons (Fsp3) is 0.130. The van der Waals surface area contributed by atoms with E-state index in [1.54, 1.807) is 25.3 Å². The summed E-state index contributed by atoms with van der Waals surface area (Å²) in [6.45, 7) is 0.296. The second-order valence-corrected chi connectivity index (χ2v) is 6.55. The fourth-order valence-corrected chi connectivity index (χ4v) is 2.79. The number of nitrogens with zero attached hydrogens (tertiary/aromatic N) is 2. The van der Waals surface area contributed by atoms with Gasteiger partial charge in [0.25, 0.3) is 11.6 Å². The normalized spacial score (nSPS) is 10.6. The first-order chi connectivity index (χ1) is 15.5. The summed E-state index contributed by atoms with van der Waals surface area (Å²) >= 11 is 0. The van der Waals surface area contributed by atoms with Crippen molar-refractivity contribution in [2.75, 3.05) is 14.2 Å². The molecule has 1 amide bonds. The summed E-state index contributed by atoms with van der Waals surface area (Å²) in [5, 5.41) is 14.8. The summed E-state index contributed by atoms with van der Waals surface area (Å²) < 4.78 is 16.4. The van der Waals surface area contributed by atoms with Gasteiger partial charge >= 0.3 is 0 Å². The smallest absolute Gasteiger partial charge is 0.271 e. The number of carbonyl (C=O) groups excluding carboxylic acids is 1. The van der Waals surface area contributed by atoms with Crippen LogP contribution in [0.5, 0.6) is 17.2 Å². The molecule has 3 rings (SSSR count). The van der Waals surface area contributed by atoms with Crippen molar-refractivity contribution < 1.29 is 23.9 Å². The zero-order valence-electron chi connectivity index (χ0n) is 17.5. The third-order valence-corrected chi connectivity index (χ3v) is 4.43. The second kappa shape index (κ2) is 10.6. The topological polar surface area (TPSA) is 112 Å². The highest BCUT2D eigenvalue weighted by Gasteiger charge is 2.11. The van der Waals surface area contributed by atoms with E-state index in [-0.39, 0.29) is 11.3 Å². The summed E-state index contributed by atoms with van der Waals surface area (Å²) in [6, 6.07) is 18.1. The van der Waals surface area contributed by atoms with E-state index >= 15 is 0 Å². The Morgan fingerprint density at radius 3 is 2.53 bits per heavy atom. The van der Waals surface area contributed by atoms with Crippen LogP contribution in [0.2, 0.25) is 0 Å². The maximum atomic E-state index is 12.3. The second-order valence-electron chi connectivity index (χ2n) is 6.55. The Kier molecular flexibility index (Phi) is 7.37. The average Bonchev–Trinajstić information content (AvgIpc) is 2.83. The maximum absolute atomic E-state index is 12.3. The first-order valence-corrected chi connectivity index (χ1v) is 9.52. The van der Waals surface area contributed by atoms with Crippen LogP contribution in [-0.4, -0.2) is 31.3 Å². The van der Waals surface area contributed by atoms with Crippen molar-refractivity contribution in [3.05, 3.63) is 93.5 Å². The van der Waals surface area contributed by atoms with Gasteiger partial charge in [0.1, 0.15) is 23.9 Å². The third kappa shape index (κ3) is 5.82. The van der Waals surface area contributed by atoms with Gasteiger partial charge in [-0.3, -0.25) is 14.9 Å². The third-order valence-electron chi connectivity index (χ3n) is 4.43. The number of benzene rings is 3. The molecule has 0 aromatic heterocycles. The molecule has 0 saturated heterocycles. The maximum Gasteiger partial charge on any atom is 0.271 e. The van der Waals surface area contributed by atoms with Gasteiger partial charge in [-0.25, -0.2) is 5.43 Å². The number of hydrazone groups is 1. The van der Waals surface area contributed by atoms with Crippen LogP contribution in [0.1, 0.15) is 21.5 Å². The zero-order chi connectivity index (χ0) is 22.9. The molecule has 0 unspecified atom stereocenters. The van der Waals surface area contributed by atoms with Crippen molar-refractivity contribution in [1.82, 2.24) is 5.43 Å². The zero-order valence-corrected chi connectivity index (χ0v) is 17.5. The van der Waals surface area contributed by atoms with Gasteiger partial charge in [-0.05, 0) is 42.0 Å². The van der Waals surface area contributed by atoms with Crippen LogP contribution >= 0.6 is 0 Å². The molecule has 0 aliphatic rings. The molecule has 0 atom stereocenters. The quantitative estimate of drug-likeness (QED) is 0.309. The fourth-order valence-electron chi connectivity index (χ4n) is 2.79. The molecular weight excluding hydrogens is 414 g/mol. The Morgan fingerprint density at radius 1 is 1.03 bits per heavy atom. The van der Waals surface area contributed by atoms with E-state index in [4.69, 9.17) is 14.2 Å². The molecule has 164 valence electrons. The van der Waals surface area contributed by atoms with Crippen LogP contribution in [0.4, 0.5) is 5.69 Å². The lowest BCUT2D eigenvalue weighted by atomic mass is 10.2. The SMILES string of the molecule is COc1cccc(COc2ccc(OC)cc2C=NNC(=O)c2cccc([N+](=O)[O-])c2)c1. The van der Waals surface area contributed by atoms with Gasteiger partial charge in [0, 0.05) is 23.3 Å². The van der Waals surface area contributed by atoms with Crippen molar-refractivity contribution in [3.63, 3.8) is 0 Å². The Hall–Kier alpha value is -4.40. The first kappa shape index (κ1) is 22.3. The lowest BCUT2D eigenvalue weighted by Crippen LogP contribution is -2.17. The predicted octanol–water partition coefficient (Wildman–Crippen LogP) is 3.95. The molecule has 3 aromatic carbocycles. The summed E-state index contributed by atoms with van der Waals surface area (Å²) in [6.07, 6.45) is 1.42. The van der Waals surface area contributed by atoms with Crippen molar-refractivity contribution in [1.29, 1.82) is 0 Å². The van der Waals surface area contributed by atoms with Gasteiger partial charge in [-0.1, -0.05) is 18.2 Å². The van der Waals surface area contributed by atoms with Crippen molar-refractivity contribution in [2.45, 2.75) is 6.61 Å². The lowest BCUT2D eigenvalue weighted by molar-refractivity contribution is -0.384. The van der Waals surface area contributed by atoms with Gasteiger partial charge in [0.2, 0.25) is 0 Å². The molecule has 9 nitrogen and oxygen atoms in total. The molecule has 9 heteroatoms. The van der Waals surface area contributed by atoms with E-state index in [0.717, 1.165) is 11.3 Å². The Labute approximate surface area is 184 Å². The van der Waals surface area contributed by atoms with Gasteiger partial charge < -0.3 is 14.2 Å². The number of nitro benzene ring substituents is 1. The summed E-state index contributed by atoms with van der Waals surface area (Å²) in [5.41, 5.74) is 3.80. The van der Waals surface area contributed by atoms with Crippen LogP contribution < -0.4 is 19.6 Å². The molecule has 0 bridgehead atoms. The van der Waals surface area contributed by atoms with E-state index in [1.165, 1.54) is 37.6 Å². The highest BCUT2D eigenvalue weighted by Crippen LogP contribution is 2.24. The number of hydrogen-bond donors (Lipinski definition) is 1. The number of nitro groups is 1. The summed E-state index contributed by atoms with van der Waals surface area (Å²) in [4.78, 5) is 22.6. The number of hydrogen-bond acceptors (Lipinski definition) is 7. The van der Waals surface area contributed by atoms with E-state index < -0.39 is 10.8 Å². The standard InChI is InChI=1S/C23H21N3O6/c1-30-20-8-3-5-16(11-20)15-32-22-10-9-21(31-2)13-18(22)14-24-25-23(27)17-6-4-7-19(12-17)26(28)29/h3-14H,15H2,1-2H3,(H,25,27). The minimum atomic E-state index is -0.577. The molecular formula is C23H21N3O6. The molecule has 3 aromatic rings. The molecule has 0 heterocycles. The summed E-state index contributed by atoms with van der Waals surface area (Å²) in [7, 11) is 3.14.